The molecule has 0 aromatic heterocycles. The van der Waals surface area contributed by atoms with E-state index in [9.17, 15) is 9.59 Å². The van der Waals surface area contributed by atoms with Gasteiger partial charge in [-0.2, -0.15) is 0 Å². The van der Waals surface area contributed by atoms with Gasteiger partial charge in [-0.05, 0) is 31.8 Å². The minimum atomic E-state index is 0.224. The first-order valence-corrected chi connectivity index (χ1v) is 9.95. The van der Waals surface area contributed by atoms with Crippen molar-refractivity contribution in [1.82, 2.24) is 20.0 Å². The maximum atomic E-state index is 12.2. The number of piperidine rings is 1. The predicted molar refractivity (Wildman–Crippen MR) is 101 cm³/mol. The highest BCUT2D eigenvalue weighted by Gasteiger charge is 2.25. The Balaban J connectivity index is 1.62. The minimum absolute atomic E-state index is 0.224. The number of hydrogen-bond donors (Lipinski definition) is 1. The molecule has 2 rings (SSSR count). The highest BCUT2D eigenvalue weighted by Crippen LogP contribution is 2.19. The van der Waals surface area contributed by atoms with Crippen LogP contribution in [0.5, 0.6) is 0 Å². The fourth-order valence-electron chi connectivity index (χ4n) is 3.64. The molecular weight excluding hydrogens is 316 g/mol. The van der Waals surface area contributed by atoms with Gasteiger partial charge in [0.05, 0.1) is 13.1 Å². The molecule has 0 saturated carbocycles. The number of nitrogens with zero attached hydrogens (tertiary/aromatic N) is 3. The Bertz CT molecular complexity index is 425. The fraction of sp³-hybridized carbons (Fsp3) is 0.895. The van der Waals surface area contributed by atoms with Gasteiger partial charge in [0.1, 0.15) is 5.78 Å². The summed E-state index contributed by atoms with van der Waals surface area (Å²) in [5.41, 5.74) is 0. The lowest BCUT2D eigenvalue weighted by Gasteiger charge is -2.38. The first kappa shape index (κ1) is 20.3. The molecule has 0 atom stereocenters. The molecule has 0 bridgehead atoms. The van der Waals surface area contributed by atoms with Gasteiger partial charge >= 0.3 is 0 Å². The minimum Gasteiger partial charge on any atom is -0.339 e. The smallest absolute Gasteiger partial charge is 0.236 e. The van der Waals surface area contributed by atoms with Crippen LogP contribution in [-0.2, 0) is 9.59 Å². The van der Waals surface area contributed by atoms with Crippen LogP contribution in [0.2, 0.25) is 0 Å². The highest BCUT2D eigenvalue weighted by molar-refractivity contribution is 5.80. The van der Waals surface area contributed by atoms with Crippen LogP contribution >= 0.6 is 0 Å². The van der Waals surface area contributed by atoms with Crippen LogP contribution < -0.4 is 5.32 Å². The van der Waals surface area contributed by atoms with Crippen LogP contribution in [0.3, 0.4) is 0 Å². The summed E-state index contributed by atoms with van der Waals surface area (Å²) in [6, 6.07) is 0.351. The van der Waals surface area contributed by atoms with E-state index in [1.165, 1.54) is 12.8 Å². The zero-order valence-electron chi connectivity index (χ0n) is 16.3. The maximum absolute atomic E-state index is 12.2. The van der Waals surface area contributed by atoms with Gasteiger partial charge in [-0.25, -0.2) is 0 Å². The first-order chi connectivity index (χ1) is 12.0. The van der Waals surface area contributed by atoms with Crippen LogP contribution in [0, 0.1) is 5.92 Å². The number of rotatable bonds is 8. The third-order valence-electron chi connectivity index (χ3n) is 5.40. The number of Topliss-reactive ketones (excluding diaryl/α,β-unsaturated/α-hetero) is 1. The molecule has 2 fully saturated rings. The first-order valence-electron chi connectivity index (χ1n) is 9.95. The lowest BCUT2D eigenvalue weighted by atomic mass is 9.95. The molecule has 2 aliphatic rings. The third kappa shape index (κ3) is 7.04. The topological polar surface area (TPSA) is 55.9 Å². The Morgan fingerprint density at radius 1 is 1.00 bits per heavy atom. The molecule has 0 spiro atoms. The van der Waals surface area contributed by atoms with Crippen molar-refractivity contribution in [2.24, 2.45) is 5.92 Å². The molecule has 1 N–H and O–H groups in total. The van der Waals surface area contributed by atoms with E-state index in [0.29, 0.717) is 31.3 Å². The molecule has 1 amide bonds. The molecule has 2 heterocycles. The Kier molecular flexibility index (Phi) is 8.33. The van der Waals surface area contributed by atoms with Gasteiger partial charge in [-0.1, -0.05) is 20.8 Å². The fourth-order valence-corrected chi connectivity index (χ4v) is 3.64. The van der Waals surface area contributed by atoms with Gasteiger partial charge in [-0.15, -0.1) is 0 Å². The zero-order chi connectivity index (χ0) is 18.2. The van der Waals surface area contributed by atoms with E-state index in [-0.39, 0.29) is 5.91 Å². The second-order valence-corrected chi connectivity index (χ2v) is 7.83. The quantitative estimate of drug-likeness (QED) is 0.701. The van der Waals surface area contributed by atoms with Gasteiger partial charge < -0.3 is 10.2 Å². The van der Waals surface area contributed by atoms with Crippen molar-refractivity contribution in [3.05, 3.63) is 0 Å². The van der Waals surface area contributed by atoms with Crippen LogP contribution in [0.1, 0.15) is 40.0 Å². The van der Waals surface area contributed by atoms with Crippen LogP contribution in [0.15, 0.2) is 0 Å². The summed E-state index contributed by atoms with van der Waals surface area (Å²) in [5, 5.41) is 3.21. The van der Waals surface area contributed by atoms with Gasteiger partial charge in [0.25, 0.3) is 0 Å². The third-order valence-corrected chi connectivity index (χ3v) is 5.40. The molecular formula is C19H36N4O2. The van der Waals surface area contributed by atoms with E-state index in [0.717, 1.165) is 51.7 Å². The van der Waals surface area contributed by atoms with Crippen molar-refractivity contribution in [3.8, 4) is 0 Å². The van der Waals surface area contributed by atoms with Gasteiger partial charge in [0, 0.05) is 45.2 Å². The van der Waals surface area contributed by atoms with E-state index in [4.69, 9.17) is 0 Å². The Morgan fingerprint density at radius 3 is 2.20 bits per heavy atom. The van der Waals surface area contributed by atoms with Crippen molar-refractivity contribution in [2.45, 2.75) is 46.1 Å². The Labute approximate surface area is 152 Å². The second-order valence-electron chi connectivity index (χ2n) is 7.83. The van der Waals surface area contributed by atoms with Crippen molar-refractivity contribution >= 4 is 11.7 Å². The molecule has 144 valence electrons. The average Bonchev–Trinajstić information content (AvgIpc) is 2.61. The van der Waals surface area contributed by atoms with Gasteiger partial charge in [-0.3, -0.25) is 19.4 Å². The lowest BCUT2D eigenvalue weighted by Crippen LogP contribution is -2.52. The molecule has 6 nitrogen and oxygen atoms in total. The van der Waals surface area contributed by atoms with Crippen molar-refractivity contribution in [3.63, 3.8) is 0 Å². The standard InChI is InChI=1S/C19H36N4O2/c1-4-18(24)15-21-7-5-17(6-8-21)14-22-9-11-23(12-10-22)19(25)13-20-16(2)3/h16-17,20H,4-15H2,1-3H3. The lowest BCUT2D eigenvalue weighted by molar-refractivity contribution is -0.132. The largest absolute Gasteiger partial charge is 0.339 e. The van der Waals surface area contributed by atoms with Crippen molar-refractivity contribution in [1.29, 1.82) is 0 Å². The number of piperazine rings is 1. The molecule has 0 radical (unpaired) electrons. The number of carbonyl (C=O) groups is 2. The van der Waals surface area contributed by atoms with Gasteiger partial charge in [0.15, 0.2) is 0 Å². The normalized spacial score (nSPS) is 21.0. The maximum Gasteiger partial charge on any atom is 0.236 e. The summed E-state index contributed by atoms with van der Waals surface area (Å²) in [4.78, 5) is 30.5. The molecule has 0 aromatic carbocycles. The van der Waals surface area contributed by atoms with E-state index < -0.39 is 0 Å². The van der Waals surface area contributed by atoms with Crippen LogP contribution in [0.25, 0.3) is 0 Å². The van der Waals surface area contributed by atoms with E-state index in [2.05, 4.69) is 29.0 Å². The molecule has 0 aliphatic carbocycles. The second kappa shape index (κ2) is 10.2. The van der Waals surface area contributed by atoms with Crippen LogP contribution in [-0.4, -0.2) is 91.3 Å². The molecule has 0 aromatic rings. The number of ketones is 1. The number of carbonyl (C=O) groups excluding carboxylic acids is 2. The summed E-state index contributed by atoms with van der Waals surface area (Å²) in [6.07, 6.45) is 3.03. The number of amides is 1. The molecule has 2 aliphatic heterocycles. The summed E-state index contributed by atoms with van der Waals surface area (Å²) < 4.78 is 0. The Hall–Kier alpha value is -0.980. The molecule has 6 heteroatoms. The summed E-state index contributed by atoms with van der Waals surface area (Å²) in [6.45, 7) is 14.1. The SMILES string of the molecule is CCC(=O)CN1CCC(CN2CCN(C(=O)CNC(C)C)CC2)CC1. The van der Waals surface area contributed by atoms with E-state index in [1.807, 2.05) is 11.8 Å². The van der Waals surface area contributed by atoms with Gasteiger partial charge in [0.2, 0.25) is 5.91 Å². The van der Waals surface area contributed by atoms with Crippen molar-refractivity contribution in [2.75, 3.05) is 58.9 Å². The summed E-state index contributed by atoms with van der Waals surface area (Å²) >= 11 is 0. The molecule has 25 heavy (non-hydrogen) atoms. The highest BCUT2D eigenvalue weighted by atomic mass is 16.2. The van der Waals surface area contributed by atoms with E-state index in [1.54, 1.807) is 0 Å². The monoisotopic (exact) mass is 352 g/mol. The number of nitrogens with one attached hydrogen (secondary N) is 1. The average molecular weight is 353 g/mol. The predicted octanol–water partition coefficient (Wildman–Crippen LogP) is 0.820. The Morgan fingerprint density at radius 2 is 1.64 bits per heavy atom. The number of likely N-dealkylation sites (tertiary alicyclic amines) is 1. The number of hydrogen-bond acceptors (Lipinski definition) is 5. The summed E-state index contributed by atoms with van der Waals surface area (Å²) in [7, 11) is 0. The van der Waals surface area contributed by atoms with Crippen LogP contribution in [0.4, 0.5) is 0 Å². The molecule has 0 unspecified atom stereocenters. The summed E-state index contributed by atoms with van der Waals surface area (Å²) in [5.74, 6) is 1.31. The molecule has 2 saturated heterocycles. The van der Waals surface area contributed by atoms with E-state index >= 15 is 0 Å². The zero-order valence-corrected chi connectivity index (χ0v) is 16.3. The van der Waals surface area contributed by atoms with Crippen molar-refractivity contribution < 1.29 is 9.59 Å².